The zero-order valence-electron chi connectivity index (χ0n) is 10.9. The molecule has 0 radical (unpaired) electrons. The molecule has 0 aliphatic carbocycles. The number of benzene rings is 1. The van der Waals surface area contributed by atoms with Gasteiger partial charge in [0.2, 0.25) is 0 Å². The molecule has 0 saturated heterocycles. The first-order chi connectivity index (χ1) is 8.40. The Kier molecular flexibility index (Phi) is 5.44. The van der Waals surface area contributed by atoms with Crippen LogP contribution in [0.1, 0.15) is 32.4 Å². The van der Waals surface area contributed by atoms with Crippen LogP contribution in [0, 0.1) is 0 Å². The van der Waals surface area contributed by atoms with Gasteiger partial charge in [-0.3, -0.25) is 4.79 Å². The molecule has 1 amide bonds. The van der Waals surface area contributed by atoms with E-state index in [2.05, 4.69) is 5.32 Å². The highest BCUT2D eigenvalue weighted by molar-refractivity contribution is 6.32. The monoisotopic (exact) mass is 270 g/mol. The molecular weight excluding hydrogens is 252 g/mol. The molecule has 0 saturated carbocycles. The number of amides is 1. The molecule has 0 aliphatic rings. The van der Waals surface area contributed by atoms with E-state index >= 15 is 0 Å². The topological polar surface area (TPSA) is 64.3 Å². The predicted octanol–water partition coefficient (Wildman–Crippen LogP) is 2.26. The molecule has 5 heteroatoms. The van der Waals surface area contributed by atoms with Crippen LogP contribution >= 0.6 is 11.6 Å². The summed E-state index contributed by atoms with van der Waals surface area (Å²) in [5.41, 5.74) is 6.68. The van der Waals surface area contributed by atoms with E-state index in [1.54, 1.807) is 12.1 Å². The number of nitrogens with two attached hydrogens (primary N) is 1. The van der Waals surface area contributed by atoms with Crippen molar-refractivity contribution in [2.75, 3.05) is 6.61 Å². The van der Waals surface area contributed by atoms with E-state index in [-0.39, 0.29) is 24.6 Å². The van der Waals surface area contributed by atoms with Crippen LogP contribution in [-0.4, -0.2) is 18.6 Å². The van der Waals surface area contributed by atoms with Crippen LogP contribution < -0.4 is 15.8 Å². The molecule has 3 N–H and O–H groups in total. The Labute approximate surface area is 112 Å². The van der Waals surface area contributed by atoms with E-state index in [1.807, 2.05) is 26.8 Å². The fourth-order valence-corrected chi connectivity index (χ4v) is 1.67. The summed E-state index contributed by atoms with van der Waals surface area (Å²) in [6.07, 6.45) is 0. The highest BCUT2D eigenvalue weighted by atomic mass is 35.5. The van der Waals surface area contributed by atoms with E-state index in [4.69, 9.17) is 22.1 Å². The van der Waals surface area contributed by atoms with E-state index in [9.17, 15) is 4.79 Å². The molecule has 0 spiro atoms. The minimum Gasteiger partial charge on any atom is -0.482 e. The fraction of sp³-hybridized carbons (Fsp3) is 0.462. The Bertz CT molecular complexity index is 419. The van der Waals surface area contributed by atoms with Crippen LogP contribution in [0.3, 0.4) is 0 Å². The van der Waals surface area contributed by atoms with Crippen LogP contribution in [0.15, 0.2) is 18.2 Å². The summed E-state index contributed by atoms with van der Waals surface area (Å²) in [6.45, 7) is 5.61. The SMILES string of the molecule is CC(C)NC(=O)COc1ccc([C@@H](C)N)cc1Cl. The lowest BCUT2D eigenvalue weighted by molar-refractivity contribution is -0.123. The van der Waals surface area contributed by atoms with Gasteiger partial charge in [-0.2, -0.15) is 0 Å². The molecular formula is C13H19ClN2O2. The Hall–Kier alpha value is -1.26. The molecule has 18 heavy (non-hydrogen) atoms. The largest absolute Gasteiger partial charge is 0.482 e. The minimum absolute atomic E-state index is 0.0462. The van der Waals surface area contributed by atoms with Crippen molar-refractivity contribution in [1.82, 2.24) is 5.32 Å². The number of carbonyl (C=O) groups is 1. The number of hydrogen-bond donors (Lipinski definition) is 2. The highest BCUT2D eigenvalue weighted by Gasteiger charge is 2.08. The zero-order valence-corrected chi connectivity index (χ0v) is 11.6. The third kappa shape index (κ3) is 4.55. The van der Waals surface area contributed by atoms with Crippen molar-refractivity contribution in [3.05, 3.63) is 28.8 Å². The first-order valence-electron chi connectivity index (χ1n) is 5.87. The summed E-state index contributed by atoms with van der Waals surface area (Å²) in [6, 6.07) is 5.33. The predicted molar refractivity (Wildman–Crippen MR) is 72.8 cm³/mol. The molecule has 1 atom stereocenters. The van der Waals surface area contributed by atoms with Crippen molar-refractivity contribution in [2.24, 2.45) is 5.73 Å². The lowest BCUT2D eigenvalue weighted by atomic mass is 10.1. The molecule has 1 aromatic rings. The Morgan fingerprint density at radius 1 is 1.44 bits per heavy atom. The van der Waals surface area contributed by atoms with Crippen LogP contribution in [0.4, 0.5) is 0 Å². The lowest BCUT2D eigenvalue weighted by Gasteiger charge is -2.12. The van der Waals surface area contributed by atoms with Gasteiger partial charge in [0.1, 0.15) is 5.75 Å². The van der Waals surface area contributed by atoms with Crippen LogP contribution in [-0.2, 0) is 4.79 Å². The summed E-state index contributed by atoms with van der Waals surface area (Å²) in [4.78, 5) is 11.4. The maximum Gasteiger partial charge on any atom is 0.258 e. The zero-order chi connectivity index (χ0) is 13.7. The first kappa shape index (κ1) is 14.8. The first-order valence-corrected chi connectivity index (χ1v) is 6.25. The number of halogens is 1. The molecule has 0 fully saturated rings. The van der Waals surface area contributed by atoms with E-state index in [0.717, 1.165) is 5.56 Å². The Morgan fingerprint density at radius 3 is 2.61 bits per heavy atom. The van der Waals surface area contributed by atoms with Crippen molar-refractivity contribution in [1.29, 1.82) is 0 Å². The van der Waals surface area contributed by atoms with E-state index in [0.29, 0.717) is 10.8 Å². The number of nitrogens with one attached hydrogen (secondary N) is 1. The van der Waals surface area contributed by atoms with Gasteiger partial charge < -0.3 is 15.8 Å². The standard InChI is InChI=1S/C13H19ClN2O2/c1-8(2)16-13(17)7-18-12-5-4-10(9(3)15)6-11(12)14/h4-6,8-9H,7,15H2,1-3H3,(H,16,17)/t9-/m1/s1. The second-order valence-electron chi connectivity index (χ2n) is 4.49. The average Bonchev–Trinajstić information content (AvgIpc) is 2.26. The third-order valence-corrected chi connectivity index (χ3v) is 2.59. The van der Waals surface area contributed by atoms with Gasteiger partial charge in [-0.25, -0.2) is 0 Å². The summed E-state index contributed by atoms with van der Waals surface area (Å²) < 4.78 is 5.35. The van der Waals surface area contributed by atoms with Crippen molar-refractivity contribution >= 4 is 17.5 Å². The normalized spacial score (nSPS) is 12.3. The lowest BCUT2D eigenvalue weighted by Crippen LogP contribution is -2.34. The molecule has 100 valence electrons. The summed E-state index contributed by atoms with van der Waals surface area (Å²) in [5, 5.41) is 3.20. The molecule has 1 rings (SSSR count). The Morgan fingerprint density at radius 2 is 2.11 bits per heavy atom. The number of hydrogen-bond acceptors (Lipinski definition) is 3. The second-order valence-corrected chi connectivity index (χ2v) is 4.90. The van der Waals surface area contributed by atoms with Gasteiger partial charge in [-0.05, 0) is 38.5 Å². The quantitative estimate of drug-likeness (QED) is 0.863. The average molecular weight is 271 g/mol. The maximum atomic E-state index is 11.4. The van der Waals surface area contributed by atoms with Crippen molar-refractivity contribution < 1.29 is 9.53 Å². The van der Waals surface area contributed by atoms with Gasteiger partial charge >= 0.3 is 0 Å². The molecule has 1 aromatic carbocycles. The maximum absolute atomic E-state index is 11.4. The molecule has 4 nitrogen and oxygen atoms in total. The van der Waals surface area contributed by atoms with Crippen LogP contribution in [0.25, 0.3) is 0 Å². The molecule has 0 bridgehead atoms. The van der Waals surface area contributed by atoms with E-state index in [1.165, 1.54) is 0 Å². The van der Waals surface area contributed by atoms with Gasteiger partial charge in [-0.1, -0.05) is 17.7 Å². The summed E-state index contributed by atoms with van der Waals surface area (Å²) in [7, 11) is 0. The number of rotatable bonds is 5. The number of ether oxygens (including phenoxy) is 1. The Balaban J connectivity index is 2.60. The molecule has 0 aromatic heterocycles. The summed E-state index contributed by atoms with van der Waals surface area (Å²) >= 11 is 6.05. The molecule has 0 unspecified atom stereocenters. The van der Waals surface area contributed by atoms with Crippen LogP contribution in [0.5, 0.6) is 5.75 Å². The fourth-order valence-electron chi connectivity index (χ4n) is 1.42. The van der Waals surface area contributed by atoms with Crippen LogP contribution in [0.2, 0.25) is 5.02 Å². The molecule has 0 heterocycles. The molecule has 0 aliphatic heterocycles. The highest BCUT2D eigenvalue weighted by Crippen LogP contribution is 2.27. The van der Waals surface area contributed by atoms with Gasteiger partial charge in [0.05, 0.1) is 5.02 Å². The smallest absolute Gasteiger partial charge is 0.258 e. The van der Waals surface area contributed by atoms with Crippen molar-refractivity contribution in [3.8, 4) is 5.75 Å². The van der Waals surface area contributed by atoms with Gasteiger partial charge in [-0.15, -0.1) is 0 Å². The summed E-state index contributed by atoms with van der Waals surface area (Å²) in [5.74, 6) is 0.317. The van der Waals surface area contributed by atoms with Gasteiger partial charge in [0.15, 0.2) is 6.61 Å². The van der Waals surface area contributed by atoms with E-state index < -0.39 is 0 Å². The van der Waals surface area contributed by atoms with Gasteiger partial charge in [0, 0.05) is 12.1 Å². The minimum atomic E-state index is -0.169. The van der Waals surface area contributed by atoms with Crippen molar-refractivity contribution in [2.45, 2.75) is 32.9 Å². The number of carbonyl (C=O) groups excluding carboxylic acids is 1. The third-order valence-electron chi connectivity index (χ3n) is 2.29. The van der Waals surface area contributed by atoms with Gasteiger partial charge in [0.25, 0.3) is 5.91 Å². The van der Waals surface area contributed by atoms with Crippen molar-refractivity contribution in [3.63, 3.8) is 0 Å². The second kappa shape index (κ2) is 6.61.